The molecule has 2 aromatic carbocycles. The van der Waals surface area contributed by atoms with E-state index in [2.05, 4.69) is 6.92 Å². The zero-order valence-electron chi connectivity index (χ0n) is 23.4. The Hall–Kier alpha value is -3.52. The second-order valence-corrected chi connectivity index (χ2v) is 10.6. The summed E-state index contributed by atoms with van der Waals surface area (Å²) in [6.45, 7) is 5.14. The Morgan fingerprint density at radius 2 is 1.82 bits per heavy atom. The summed E-state index contributed by atoms with van der Waals surface area (Å²) >= 11 is 0. The van der Waals surface area contributed by atoms with Crippen molar-refractivity contribution in [2.24, 2.45) is 5.92 Å². The van der Waals surface area contributed by atoms with E-state index in [9.17, 15) is 18.8 Å². The van der Waals surface area contributed by atoms with Gasteiger partial charge in [0.05, 0.1) is 36.4 Å². The number of ether oxygens (including phenoxy) is 1. The third kappa shape index (κ3) is 7.56. The van der Waals surface area contributed by atoms with Crippen LogP contribution in [-0.4, -0.2) is 47.4 Å². The first-order valence-corrected chi connectivity index (χ1v) is 14.3. The second-order valence-electron chi connectivity index (χ2n) is 10.6. The molecular formula is C32H39FN2O5. The first-order valence-electron chi connectivity index (χ1n) is 14.3. The van der Waals surface area contributed by atoms with Gasteiger partial charge < -0.3 is 19.0 Å². The molecule has 0 spiro atoms. The van der Waals surface area contributed by atoms with Crippen LogP contribution in [0.4, 0.5) is 4.39 Å². The summed E-state index contributed by atoms with van der Waals surface area (Å²) in [5.74, 6) is -0.865. The molecule has 0 radical (unpaired) electrons. The summed E-state index contributed by atoms with van der Waals surface area (Å²) < 4.78 is 25.1. The molecule has 214 valence electrons. The molecule has 2 atom stereocenters. The smallest absolute Gasteiger partial charge is 0.242 e. The van der Waals surface area contributed by atoms with Gasteiger partial charge in [-0.15, -0.1) is 0 Å². The van der Waals surface area contributed by atoms with E-state index in [4.69, 9.17) is 9.15 Å². The fraction of sp³-hybridized carbons (Fsp3) is 0.469. The Balaban J connectivity index is 1.61. The van der Waals surface area contributed by atoms with E-state index in [0.29, 0.717) is 41.7 Å². The largest absolute Gasteiger partial charge is 0.464 e. The minimum Gasteiger partial charge on any atom is -0.464 e. The lowest BCUT2D eigenvalue weighted by molar-refractivity contribution is -0.145. The molecule has 2 amide bonds. The third-order valence-corrected chi connectivity index (χ3v) is 7.59. The molecule has 7 nitrogen and oxygen atoms in total. The Kier molecular flexibility index (Phi) is 10.5. The Bertz CT molecular complexity index is 1330. The number of amides is 2. The van der Waals surface area contributed by atoms with Crippen LogP contribution in [0.15, 0.2) is 64.0 Å². The first-order chi connectivity index (χ1) is 19.4. The van der Waals surface area contributed by atoms with Crippen molar-refractivity contribution in [3.63, 3.8) is 0 Å². The lowest BCUT2D eigenvalue weighted by atomic mass is 9.97. The monoisotopic (exact) mass is 550 g/mol. The molecular weight excluding hydrogens is 511 g/mol. The van der Waals surface area contributed by atoms with E-state index in [0.717, 1.165) is 32.1 Å². The van der Waals surface area contributed by atoms with Crippen molar-refractivity contribution in [2.75, 3.05) is 19.7 Å². The van der Waals surface area contributed by atoms with Crippen LogP contribution in [0.2, 0.25) is 0 Å². The third-order valence-electron chi connectivity index (χ3n) is 7.59. The molecule has 1 aromatic heterocycles. The number of benzene rings is 2. The highest BCUT2D eigenvalue weighted by Crippen LogP contribution is 2.21. The van der Waals surface area contributed by atoms with Gasteiger partial charge in [0.15, 0.2) is 5.43 Å². The fourth-order valence-corrected chi connectivity index (χ4v) is 5.22. The lowest BCUT2D eigenvalue weighted by Gasteiger charge is -2.31. The standard InChI is InChI=1S/C32H39FN2O5/c1-3-5-9-24(4-2)32(38)35(20-27-10-8-17-39-27)21-30(36)34(18-23-13-15-26(33)16-14-23)19-25-22-40-29-12-7-6-11-28(29)31(25)37/h6-7,11-16,22,24,27H,3-5,8-10,17-21H2,1-2H3. The molecule has 2 unspecified atom stereocenters. The van der Waals surface area contributed by atoms with E-state index in [1.165, 1.54) is 23.3 Å². The van der Waals surface area contributed by atoms with Crippen LogP contribution < -0.4 is 5.43 Å². The van der Waals surface area contributed by atoms with Gasteiger partial charge in [-0.25, -0.2) is 4.39 Å². The van der Waals surface area contributed by atoms with E-state index in [1.54, 1.807) is 41.3 Å². The summed E-state index contributed by atoms with van der Waals surface area (Å²) in [7, 11) is 0. The van der Waals surface area contributed by atoms with Gasteiger partial charge in [0, 0.05) is 25.6 Å². The lowest BCUT2D eigenvalue weighted by Crippen LogP contribution is -2.47. The molecule has 8 heteroatoms. The molecule has 40 heavy (non-hydrogen) atoms. The van der Waals surface area contributed by atoms with Crippen molar-refractivity contribution < 1.29 is 23.1 Å². The summed E-state index contributed by atoms with van der Waals surface area (Å²) in [5.41, 5.74) is 1.31. The van der Waals surface area contributed by atoms with Gasteiger partial charge in [-0.05, 0) is 55.5 Å². The highest BCUT2D eigenvalue weighted by molar-refractivity contribution is 5.86. The van der Waals surface area contributed by atoms with E-state index >= 15 is 0 Å². The zero-order chi connectivity index (χ0) is 28.5. The van der Waals surface area contributed by atoms with Crippen molar-refractivity contribution in [2.45, 2.75) is 71.6 Å². The highest BCUT2D eigenvalue weighted by atomic mass is 19.1. The maximum absolute atomic E-state index is 13.9. The van der Waals surface area contributed by atoms with Gasteiger partial charge in [0.2, 0.25) is 11.8 Å². The van der Waals surface area contributed by atoms with Crippen molar-refractivity contribution >= 4 is 22.8 Å². The molecule has 1 saturated heterocycles. The number of fused-ring (bicyclic) bond motifs is 1. The Morgan fingerprint density at radius 1 is 1.05 bits per heavy atom. The Morgan fingerprint density at radius 3 is 2.52 bits per heavy atom. The Labute approximate surface area is 234 Å². The van der Waals surface area contributed by atoms with Crippen LogP contribution in [0.3, 0.4) is 0 Å². The molecule has 1 aliphatic rings. The number of nitrogens with zero attached hydrogens (tertiary/aromatic N) is 2. The second kappa shape index (κ2) is 14.2. The van der Waals surface area contributed by atoms with E-state index in [-0.39, 0.29) is 54.7 Å². The van der Waals surface area contributed by atoms with E-state index in [1.807, 2.05) is 6.92 Å². The van der Waals surface area contributed by atoms with Gasteiger partial charge in [-0.2, -0.15) is 0 Å². The number of unbranched alkanes of at least 4 members (excludes halogenated alkanes) is 1. The number of carbonyl (C=O) groups is 2. The van der Waals surface area contributed by atoms with Gasteiger partial charge in [0.1, 0.15) is 11.4 Å². The molecule has 1 aliphatic heterocycles. The average molecular weight is 551 g/mol. The summed E-state index contributed by atoms with van der Waals surface area (Å²) in [4.78, 5) is 44.0. The van der Waals surface area contributed by atoms with Gasteiger partial charge >= 0.3 is 0 Å². The molecule has 0 saturated carbocycles. The fourth-order valence-electron chi connectivity index (χ4n) is 5.22. The van der Waals surface area contributed by atoms with Crippen LogP contribution in [0.25, 0.3) is 11.0 Å². The van der Waals surface area contributed by atoms with Crippen LogP contribution in [0.1, 0.15) is 63.5 Å². The van der Waals surface area contributed by atoms with Gasteiger partial charge in [-0.1, -0.05) is 51.0 Å². The molecule has 3 aromatic rings. The van der Waals surface area contributed by atoms with Crippen molar-refractivity contribution in [1.29, 1.82) is 0 Å². The molecule has 4 rings (SSSR count). The normalized spacial score (nSPS) is 15.7. The van der Waals surface area contributed by atoms with Crippen LogP contribution >= 0.6 is 0 Å². The quantitative estimate of drug-likeness (QED) is 0.273. The zero-order valence-corrected chi connectivity index (χ0v) is 23.4. The molecule has 2 heterocycles. The number of hydrogen-bond acceptors (Lipinski definition) is 5. The summed E-state index contributed by atoms with van der Waals surface area (Å²) in [5, 5.41) is 0.436. The summed E-state index contributed by atoms with van der Waals surface area (Å²) in [6, 6.07) is 12.9. The number of hydrogen-bond donors (Lipinski definition) is 0. The number of para-hydroxylation sites is 1. The van der Waals surface area contributed by atoms with Gasteiger partial charge in [-0.3, -0.25) is 14.4 Å². The predicted octanol–water partition coefficient (Wildman–Crippen LogP) is 5.68. The summed E-state index contributed by atoms with van der Waals surface area (Å²) in [6.07, 6.45) is 6.49. The van der Waals surface area contributed by atoms with Crippen LogP contribution in [0.5, 0.6) is 0 Å². The SMILES string of the molecule is CCCCC(CC)C(=O)N(CC(=O)N(Cc1ccc(F)cc1)Cc1coc2ccccc2c1=O)CC1CCCO1. The van der Waals surface area contributed by atoms with Crippen molar-refractivity contribution in [1.82, 2.24) is 9.80 Å². The molecule has 1 fully saturated rings. The maximum Gasteiger partial charge on any atom is 0.242 e. The molecule has 0 bridgehead atoms. The number of carbonyl (C=O) groups excluding carboxylic acids is 2. The topological polar surface area (TPSA) is 80.1 Å². The van der Waals surface area contributed by atoms with Gasteiger partial charge in [0.25, 0.3) is 0 Å². The highest BCUT2D eigenvalue weighted by Gasteiger charge is 2.30. The maximum atomic E-state index is 13.9. The minimum absolute atomic E-state index is 0.00161. The van der Waals surface area contributed by atoms with Crippen molar-refractivity contribution in [3.05, 3.63) is 82.0 Å². The number of halogens is 1. The number of rotatable bonds is 13. The first kappa shape index (κ1) is 29.5. The van der Waals surface area contributed by atoms with Crippen LogP contribution in [-0.2, 0) is 27.4 Å². The van der Waals surface area contributed by atoms with Crippen LogP contribution in [0, 0.1) is 11.7 Å². The van der Waals surface area contributed by atoms with Crippen molar-refractivity contribution in [3.8, 4) is 0 Å². The average Bonchev–Trinajstić information content (AvgIpc) is 3.48. The molecule has 0 N–H and O–H groups in total. The van der Waals surface area contributed by atoms with E-state index < -0.39 is 0 Å². The predicted molar refractivity (Wildman–Crippen MR) is 152 cm³/mol. The minimum atomic E-state index is -0.372. The molecule has 0 aliphatic carbocycles.